The van der Waals surface area contributed by atoms with Crippen LogP contribution in [-0.2, 0) is 11.0 Å². The van der Waals surface area contributed by atoms with Gasteiger partial charge in [-0.05, 0) is 49.1 Å². The number of nitrogens with one attached hydrogen (secondary N) is 3. The molecule has 1 amide bonds. The van der Waals surface area contributed by atoms with Crippen LogP contribution in [0.2, 0.25) is 0 Å². The van der Waals surface area contributed by atoms with E-state index in [0.717, 1.165) is 47.9 Å². The fourth-order valence-corrected chi connectivity index (χ4v) is 5.40. The third-order valence-corrected chi connectivity index (χ3v) is 7.12. The molecule has 184 valence electrons. The van der Waals surface area contributed by atoms with Crippen LogP contribution in [0.4, 0.5) is 35.9 Å². The summed E-state index contributed by atoms with van der Waals surface area (Å²) in [4.78, 5) is 16.0. The molecule has 1 unspecified atom stereocenters. The van der Waals surface area contributed by atoms with E-state index < -0.39 is 11.7 Å². The zero-order chi connectivity index (χ0) is 24.3. The molecule has 1 atom stereocenters. The predicted octanol–water partition coefficient (Wildman–Crippen LogP) is 5.03. The summed E-state index contributed by atoms with van der Waals surface area (Å²) in [6.45, 7) is 5.60. The first-order valence-electron chi connectivity index (χ1n) is 11.5. The molecule has 0 saturated carbocycles. The Morgan fingerprint density at radius 1 is 1.24 bits per heavy atom. The van der Waals surface area contributed by atoms with Gasteiger partial charge in [-0.25, -0.2) is 0 Å². The summed E-state index contributed by atoms with van der Waals surface area (Å²) in [7, 11) is 0. The number of nitrogens with zero attached hydrogens (tertiary/aromatic N) is 1. The maximum atomic E-state index is 13.6. The molecule has 0 aromatic heterocycles. The van der Waals surface area contributed by atoms with Gasteiger partial charge in [-0.15, -0.1) is 0 Å². The van der Waals surface area contributed by atoms with Crippen LogP contribution in [0.3, 0.4) is 0 Å². The largest absolute Gasteiger partial charge is 0.416 e. The van der Waals surface area contributed by atoms with Crippen molar-refractivity contribution in [3.05, 3.63) is 35.9 Å². The molecular weight excluding hydrogens is 463 g/mol. The standard InChI is InChI=1S/C24H30F3N5OS/c1-15-3-2-10-32(14-15)17-4-5-18-20(13-17)34-21-12-16(24(25,26)27)11-19(23(21)31-18)30-22(33)6-8-29-9-7-28/h4-5,11-13,15,29,31H,2-3,6-10,14,28H2,1H3,(H,30,33). The van der Waals surface area contributed by atoms with Crippen LogP contribution in [0.1, 0.15) is 31.7 Å². The van der Waals surface area contributed by atoms with Gasteiger partial charge in [-0.2, -0.15) is 13.2 Å². The number of fused-ring (bicyclic) bond motifs is 2. The molecule has 1 fully saturated rings. The highest BCUT2D eigenvalue weighted by atomic mass is 32.2. The molecule has 2 aromatic rings. The molecule has 10 heteroatoms. The number of piperidine rings is 1. The topological polar surface area (TPSA) is 82.4 Å². The van der Waals surface area contributed by atoms with Gasteiger partial charge in [0.15, 0.2) is 0 Å². The van der Waals surface area contributed by atoms with E-state index in [0.29, 0.717) is 36.1 Å². The number of carbonyl (C=O) groups is 1. The maximum absolute atomic E-state index is 13.6. The molecule has 2 aromatic carbocycles. The summed E-state index contributed by atoms with van der Waals surface area (Å²) >= 11 is 1.29. The number of benzene rings is 2. The van der Waals surface area contributed by atoms with Crippen LogP contribution in [0.15, 0.2) is 40.1 Å². The fourth-order valence-electron chi connectivity index (χ4n) is 4.30. The van der Waals surface area contributed by atoms with Gasteiger partial charge in [0.2, 0.25) is 5.91 Å². The number of amides is 1. The van der Waals surface area contributed by atoms with Gasteiger partial charge in [0.25, 0.3) is 0 Å². The lowest BCUT2D eigenvalue weighted by Gasteiger charge is -2.34. The van der Waals surface area contributed by atoms with Crippen molar-refractivity contribution in [3.8, 4) is 0 Å². The van der Waals surface area contributed by atoms with Crippen molar-refractivity contribution < 1.29 is 18.0 Å². The van der Waals surface area contributed by atoms with E-state index >= 15 is 0 Å². The summed E-state index contributed by atoms with van der Waals surface area (Å²) in [6.07, 6.45) is -2.05. The van der Waals surface area contributed by atoms with Crippen molar-refractivity contribution in [2.75, 3.05) is 48.3 Å². The normalized spacial score (nSPS) is 17.6. The second kappa shape index (κ2) is 10.5. The number of carbonyl (C=O) groups excluding carboxylic acids is 1. The Kier molecular flexibility index (Phi) is 7.59. The van der Waals surface area contributed by atoms with Crippen LogP contribution in [0.5, 0.6) is 0 Å². The molecule has 4 rings (SSSR count). The summed E-state index contributed by atoms with van der Waals surface area (Å²) in [6, 6.07) is 8.17. The van der Waals surface area contributed by atoms with Gasteiger partial charge >= 0.3 is 6.18 Å². The Bertz CT molecular complexity index is 1050. The van der Waals surface area contributed by atoms with E-state index in [4.69, 9.17) is 5.73 Å². The van der Waals surface area contributed by atoms with Crippen molar-refractivity contribution in [2.45, 2.75) is 42.2 Å². The first kappa shape index (κ1) is 24.7. The van der Waals surface area contributed by atoms with Gasteiger partial charge in [0.1, 0.15) is 0 Å². The third-order valence-electron chi connectivity index (χ3n) is 6.02. The molecule has 0 aliphatic carbocycles. The predicted molar refractivity (Wildman–Crippen MR) is 131 cm³/mol. The fraction of sp³-hybridized carbons (Fsp3) is 0.458. The molecule has 2 aliphatic rings. The first-order chi connectivity index (χ1) is 16.2. The smallest absolute Gasteiger partial charge is 0.371 e. The van der Waals surface area contributed by atoms with E-state index in [-0.39, 0.29) is 18.0 Å². The van der Waals surface area contributed by atoms with Gasteiger partial charge < -0.3 is 26.6 Å². The van der Waals surface area contributed by atoms with Gasteiger partial charge in [0.05, 0.1) is 22.6 Å². The molecule has 0 radical (unpaired) electrons. The highest BCUT2D eigenvalue weighted by Crippen LogP contribution is 2.50. The van der Waals surface area contributed by atoms with Crippen LogP contribution >= 0.6 is 11.8 Å². The molecule has 0 spiro atoms. The maximum Gasteiger partial charge on any atom is 0.416 e. The number of anilines is 4. The van der Waals surface area contributed by atoms with Crippen molar-refractivity contribution in [1.82, 2.24) is 5.32 Å². The van der Waals surface area contributed by atoms with Gasteiger partial charge in [-0.1, -0.05) is 18.7 Å². The van der Waals surface area contributed by atoms with Crippen LogP contribution in [0, 0.1) is 5.92 Å². The number of hydrogen-bond donors (Lipinski definition) is 4. The number of rotatable bonds is 7. The highest BCUT2D eigenvalue weighted by molar-refractivity contribution is 7.99. The summed E-state index contributed by atoms with van der Waals surface area (Å²) < 4.78 is 40.9. The Morgan fingerprint density at radius 2 is 2.06 bits per heavy atom. The number of alkyl halides is 3. The molecule has 34 heavy (non-hydrogen) atoms. The average Bonchev–Trinajstić information content (AvgIpc) is 2.79. The van der Waals surface area contributed by atoms with E-state index in [1.165, 1.54) is 18.2 Å². The molecule has 2 aliphatic heterocycles. The molecule has 2 heterocycles. The zero-order valence-corrected chi connectivity index (χ0v) is 19.9. The molecular formula is C24H30F3N5OS. The van der Waals surface area contributed by atoms with Crippen molar-refractivity contribution in [2.24, 2.45) is 11.7 Å². The molecule has 0 bridgehead atoms. The minimum absolute atomic E-state index is 0.126. The SMILES string of the molecule is CC1CCCN(c2ccc3c(c2)Sc2cc(C(F)(F)F)cc(NC(=O)CCNCCN)c2N3)C1. The van der Waals surface area contributed by atoms with Crippen molar-refractivity contribution in [1.29, 1.82) is 0 Å². The number of nitrogens with two attached hydrogens (primary N) is 1. The third kappa shape index (κ3) is 5.79. The van der Waals surface area contributed by atoms with Crippen molar-refractivity contribution >= 4 is 40.4 Å². The highest BCUT2D eigenvalue weighted by Gasteiger charge is 2.34. The minimum Gasteiger partial charge on any atom is -0.371 e. The monoisotopic (exact) mass is 493 g/mol. The quantitative estimate of drug-likeness (QED) is 0.346. The lowest BCUT2D eigenvalue weighted by molar-refractivity contribution is -0.137. The number of hydrogen-bond acceptors (Lipinski definition) is 6. The minimum atomic E-state index is -4.52. The summed E-state index contributed by atoms with van der Waals surface area (Å²) in [5.74, 6) is 0.250. The van der Waals surface area contributed by atoms with Crippen molar-refractivity contribution in [3.63, 3.8) is 0 Å². The second-order valence-electron chi connectivity index (χ2n) is 8.83. The van der Waals surface area contributed by atoms with E-state index in [1.807, 2.05) is 18.2 Å². The number of halogens is 3. The lowest BCUT2D eigenvalue weighted by Crippen LogP contribution is -2.34. The average molecular weight is 494 g/mol. The Morgan fingerprint density at radius 3 is 2.79 bits per heavy atom. The zero-order valence-electron chi connectivity index (χ0n) is 19.1. The van der Waals surface area contributed by atoms with E-state index in [2.05, 4.69) is 27.8 Å². The molecule has 1 saturated heterocycles. The lowest BCUT2D eigenvalue weighted by atomic mass is 10.00. The Balaban J connectivity index is 1.59. The summed E-state index contributed by atoms with van der Waals surface area (Å²) in [5, 5.41) is 8.93. The second-order valence-corrected chi connectivity index (χ2v) is 9.92. The van der Waals surface area contributed by atoms with Crippen LogP contribution < -0.4 is 26.6 Å². The molecule has 5 N–H and O–H groups in total. The van der Waals surface area contributed by atoms with E-state index in [1.54, 1.807) is 0 Å². The van der Waals surface area contributed by atoms with E-state index in [9.17, 15) is 18.0 Å². The Hall–Kier alpha value is -2.43. The Labute approximate surface area is 201 Å². The molecule has 6 nitrogen and oxygen atoms in total. The van der Waals surface area contributed by atoms with Gasteiger partial charge in [-0.3, -0.25) is 4.79 Å². The van der Waals surface area contributed by atoms with Crippen LogP contribution in [0.25, 0.3) is 0 Å². The first-order valence-corrected chi connectivity index (χ1v) is 12.4. The summed E-state index contributed by atoms with van der Waals surface area (Å²) in [5.41, 5.74) is 7.12. The van der Waals surface area contributed by atoms with Gasteiger partial charge in [0, 0.05) is 54.6 Å². The van der Waals surface area contributed by atoms with Crippen LogP contribution in [-0.4, -0.2) is 38.6 Å².